The van der Waals surface area contributed by atoms with E-state index in [-0.39, 0.29) is 11.8 Å². The van der Waals surface area contributed by atoms with Crippen molar-refractivity contribution < 1.29 is 9.94 Å². The van der Waals surface area contributed by atoms with E-state index >= 15 is 0 Å². The van der Waals surface area contributed by atoms with Gasteiger partial charge < -0.3 is 20.6 Å². The molecule has 0 heterocycles. The molecule has 1 unspecified atom stereocenters. The lowest BCUT2D eigenvalue weighted by Crippen LogP contribution is -2.34. The molecule has 0 aromatic heterocycles. The molecule has 6 heteroatoms. The summed E-state index contributed by atoms with van der Waals surface area (Å²) in [6.45, 7) is 4.00. The van der Waals surface area contributed by atoms with Gasteiger partial charge in [-0.25, -0.2) is 0 Å². The van der Waals surface area contributed by atoms with Crippen LogP contribution in [0.3, 0.4) is 0 Å². The maximum absolute atomic E-state index is 8.58. The highest BCUT2D eigenvalue weighted by atomic mass is 79.9. The van der Waals surface area contributed by atoms with Crippen molar-refractivity contribution >= 4 is 21.8 Å². The first-order chi connectivity index (χ1) is 9.02. The van der Waals surface area contributed by atoms with Crippen molar-refractivity contribution in [3.63, 3.8) is 0 Å². The van der Waals surface area contributed by atoms with Crippen LogP contribution >= 0.6 is 15.9 Å². The van der Waals surface area contributed by atoms with Gasteiger partial charge in [0.1, 0.15) is 18.2 Å². The number of halogens is 1. The van der Waals surface area contributed by atoms with Crippen molar-refractivity contribution in [2.75, 3.05) is 26.7 Å². The maximum Gasteiger partial charge on any atom is 0.143 e. The number of amidine groups is 1. The normalized spacial score (nSPS) is 13.6. The molecule has 0 amide bonds. The van der Waals surface area contributed by atoms with E-state index < -0.39 is 0 Å². The number of nitrogens with two attached hydrogens (primary N) is 1. The Morgan fingerprint density at radius 3 is 2.95 bits per heavy atom. The molecule has 0 radical (unpaired) electrons. The van der Waals surface area contributed by atoms with E-state index in [0.717, 1.165) is 23.3 Å². The minimum atomic E-state index is 0.0147. The fraction of sp³-hybridized carbons (Fsp3) is 0.462. The van der Waals surface area contributed by atoms with Crippen LogP contribution < -0.4 is 10.5 Å². The fourth-order valence-corrected chi connectivity index (χ4v) is 2.01. The van der Waals surface area contributed by atoms with Crippen LogP contribution in [0, 0.1) is 5.92 Å². The number of benzene rings is 1. The molecule has 0 aliphatic heterocycles. The number of likely N-dealkylation sites (N-methyl/N-ethyl adjacent to an activating group) is 1. The number of oxime groups is 1. The van der Waals surface area contributed by atoms with E-state index in [2.05, 4.69) is 26.0 Å². The van der Waals surface area contributed by atoms with Crippen molar-refractivity contribution in [1.29, 1.82) is 0 Å². The van der Waals surface area contributed by atoms with Crippen LogP contribution in [0.15, 0.2) is 33.9 Å². The lowest BCUT2D eigenvalue weighted by molar-refractivity contribution is 0.228. The van der Waals surface area contributed by atoms with Gasteiger partial charge in [0.25, 0.3) is 0 Å². The van der Waals surface area contributed by atoms with Gasteiger partial charge in [0.2, 0.25) is 0 Å². The largest absolute Gasteiger partial charge is 0.492 e. The standard InChI is InChI=1S/C13H20BrN3O2/c1-10(13(15)16-18)9-17(2)6-7-19-12-5-3-4-11(14)8-12/h3-5,8,10,18H,6-7,9H2,1-2H3,(H2,15,16). The molecule has 0 aliphatic carbocycles. The van der Waals surface area contributed by atoms with E-state index in [4.69, 9.17) is 15.7 Å². The van der Waals surface area contributed by atoms with Crippen molar-refractivity contribution in [1.82, 2.24) is 4.90 Å². The Morgan fingerprint density at radius 1 is 1.58 bits per heavy atom. The van der Waals surface area contributed by atoms with Gasteiger partial charge in [-0.15, -0.1) is 0 Å². The number of nitrogens with zero attached hydrogens (tertiary/aromatic N) is 2. The van der Waals surface area contributed by atoms with Gasteiger partial charge in [0.05, 0.1) is 0 Å². The van der Waals surface area contributed by atoms with Gasteiger partial charge in [0, 0.05) is 23.5 Å². The van der Waals surface area contributed by atoms with Gasteiger partial charge in [-0.1, -0.05) is 34.1 Å². The van der Waals surface area contributed by atoms with Crippen LogP contribution in [-0.2, 0) is 0 Å². The maximum atomic E-state index is 8.58. The van der Waals surface area contributed by atoms with Crippen LogP contribution in [0.4, 0.5) is 0 Å². The second-order valence-corrected chi connectivity index (χ2v) is 5.41. The molecule has 3 N–H and O–H groups in total. The predicted octanol–water partition coefficient (Wildman–Crippen LogP) is 2.14. The Bertz CT molecular complexity index is 426. The molecule has 0 saturated heterocycles. The van der Waals surface area contributed by atoms with E-state index in [1.54, 1.807) is 0 Å². The predicted molar refractivity (Wildman–Crippen MR) is 79.7 cm³/mol. The first kappa shape index (κ1) is 15.8. The summed E-state index contributed by atoms with van der Waals surface area (Å²) in [5, 5.41) is 11.6. The zero-order valence-electron chi connectivity index (χ0n) is 11.2. The van der Waals surface area contributed by atoms with E-state index in [1.807, 2.05) is 38.2 Å². The number of hydrogen-bond donors (Lipinski definition) is 2. The minimum Gasteiger partial charge on any atom is -0.492 e. The Hall–Kier alpha value is -1.27. The smallest absolute Gasteiger partial charge is 0.143 e. The van der Waals surface area contributed by atoms with Gasteiger partial charge in [-0.05, 0) is 25.2 Å². The lowest BCUT2D eigenvalue weighted by Gasteiger charge is -2.20. The van der Waals surface area contributed by atoms with Crippen LogP contribution in [-0.4, -0.2) is 42.7 Å². The zero-order chi connectivity index (χ0) is 14.3. The lowest BCUT2D eigenvalue weighted by atomic mass is 10.1. The molecule has 0 fully saturated rings. The van der Waals surface area contributed by atoms with Gasteiger partial charge in [0.15, 0.2) is 0 Å². The molecule has 0 saturated carbocycles. The summed E-state index contributed by atoms with van der Waals surface area (Å²) in [5.41, 5.74) is 5.54. The third-order valence-corrected chi connectivity index (χ3v) is 3.24. The first-order valence-electron chi connectivity index (χ1n) is 6.07. The second kappa shape index (κ2) is 8.01. The number of ether oxygens (including phenoxy) is 1. The molecular formula is C13H20BrN3O2. The van der Waals surface area contributed by atoms with Crippen LogP contribution in [0.2, 0.25) is 0 Å². The third kappa shape index (κ3) is 5.94. The van der Waals surface area contributed by atoms with Crippen molar-refractivity contribution in [2.24, 2.45) is 16.8 Å². The van der Waals surface area contributed by atoms with E-state index in [1.165, 1.54) is 0 Å². The topological polar surface area (TPSA) is 71.1 Å². The van der Waals surface area contributed by atoms with Gasteiger partial charge >= 0.3 is 0 Å². The highest BCUT2D eigenvalue weighted by Crippen LogP contribution is 2.17. The molecule has 1 aromatic carbocycles. The third-order valence-electron chi connectivity index (χ3n) is 2.74. The Kier molecular flexibility index (Phi) is 6.66. The van der Waals surface area contributed by atoms with Gasteiger partial charge in [-0.3, -0.25) is 0 Å². The summed E-state index contributed by atoms with van der Waals surface area (Å²) < 4.78 is 6.64. The molecule has 106 valence electrons. The minimum absolute atomic E-state index is 0.0147. The second-order valence-electron chi connectivity index (χ2n) is 4.49. The molecule has 0 aliphatic rings. The Morgan fingerprint density at radius 2 is 2.32 bits per heavy atom. The van der Waals surface area contributed by atoms with E-state index in [9.17, 15) is 0 Å². The number of rotatable bonds is 7. The molecule has 5 nitrogen and oxygen atoms in total. The average molecular weight is 330 g/mol. The summed E-state index contributed by atoms with van der Waals surface area (Å²) in [4.78, 5) is 2.08. The van der Waals surface area contributed by atoms with Crippen molar-refractivity contribution in [2.45, 2.75) is 6.92 Å². The van der Waals surface area contributed by atoms with Crippen molar-refractivity contribution in [3.05, 3.63) is 28.7 Å². The summed E-state index contributed by atoms with van der Waals surface area (Å²) in [6, 6.07) is 7.74. The quantitative estimate of drug-likeness (QED) is 0.348. The molecule has 1 rings (SSSR count). The highest BCUT2D eigenvalue weighted by molar-refractivity contribution is 9.10. The van der Waals surface area contributed by atoms with Gasteiger partial charge in [-0.2, -0.15) is 0 Å². The Labute approximate surface area is 122 Å². The average Bonchev–Trinajstić information content (AvgIpc) is 2.37. The SMILES string of the molecule is CC(CN(C)CCOc1cccc(Br)c1)/C(N)=N/O. The Balaban J connectivity index is 2.29. The summed E-state index contributed by atoms with van der Waals surface area (Å²) in [5.74, 6) is 1.10. The van der Waals surface area contributed by atoms with Crippen LogP contribution in [0.25, 0.3) is 0 Å². The van der Waals surface area contributed by atoms with Crippen molar-refractivity contribution in [3.8, 4) is 5.75 Å². The molecule has 0 bridgehead atoms. The fourth-order valence-electron chi connectivity index (χ4n) is 1.63. The molecule has 0 spiro atoms. The van der Waals surface area contributed by atoms with Crippen LogP contribution in [0.5, 0.6) is 5.75 Å². The number of hydrogen-bond acceptors (Lipinski definition) is 4. The summed E-state index contributed by atoms with van der Waals surface area (Å²) in [7, 11) is 1.98. The monoisotopic (exact) mass is 329 g/mol. The summed E-state index contributed by atoms with van der Waals surface area (Å²) in [6.07, 6.45) is 0. The zero-order valence-corrected chi connectivity index (χ0v) is 12.8. The molecular weight excluding hydrogens is 310 g/mol. The van der Waals surface area contributed by atoms with E-state index in [0.29, 0.717) is 6.61 Å². The van der Waals surface area contributed by atoms with Crippen LogP contribution in [0.1, 0.15) is 6.92 Å². The first-order valence-corrected chi connectivity index (χ1v) is 6.86. The highest BCUT2D eigenvalue weighted by Gasteiger charge is 2.10. The molecule has 1 aromatic rings. The molecule has 1 atom stereocenters. The summed E-state index contributed by atoms with van der Waals surface area (Å²) >= 11 is 3.40. The molecule has 19 heavy (non-hydrogen) atoms.